The first kappa shape index (κ1) is 24.1. The molecule has 170 valence electrons. The average molecular weight is 485 g/mol. The van der Waals surface area contributed by atoms with Gasteiger partial charge in [-0.1, -0.05) is 77.8 Å². The summed E-state index contributed by atoms with van der Waals surface area (Å²) in [6.45, 7) is 1.84. The molecule has 0 aliphatic rings. The minimum absolute atomic E-state index is 0.0666. The van der Waals surface area contributed by atoms with Crippen molar-refractivity contribution in [2.24, 2.45) is 15.9 Å². The molecule has 0 fully saturated rings. The van der Waals surface area contributed by atoms with Crippen LogP contribution < -0.4 is 11.2 Å². The van der Waals surface area contributed by atoms with E-state index in [9.17, 15) is 8.42 Å². The van der Waals surface area contributed by atoms with Crippen LogP contribution in [0.2, 0.25) is 5.02 Å². The third kappa shape index (κ3) is 5.85. The van der Waals surface area contributed by atoms with Crippen LogP contribution in [0.1, 0.15) is 11.1 Å². The van der Waals surface area contributed by atoms with Crippen molar-refractivity contribution in [3.05, 3.63) is 88.9 Å². The van der Waals surface area contributed by atoms with E-state index in [2.05, 4.69) is 10.2 Å². The first-order valence-corrected chi connectivity index (χ1v) is 11.4. The average Bonchev–Trinajstić information content (AvgIpc) is 2.81. The molecule has 0 spiro atoms. The van der Waals surface area contributed by atoms with Crippen LogP contribution in [-0.2, 0) is 10.1 Å². The van der Waals surface area contributed by atoms with Crippen LogP contribution in [0.15, 0.2) is 87.9 Å². The molecule has 4 rings (SSSR count). The van der Waals surface area contributed by atoms with Crippen molar-refractivity contribution in [1.29, 1.82) is 0 Å². The Morgan fingerprint density at radius 2 is 1.42 bits per heavy atom. The highest BCUT2D eigenvalue weighted by atomic mass is 35.5. The summed E-state index contributed by atoms with van der Waals surface area (Å²) in [5, 5.41) is 20.7. The molecule has 0 unspecified atom stereocenters. The summed E-state index contributed by atoms with van der Waals surface area (Å²) in [7, 11) is -4.02. The van der Waals surface area contributed by atoms with Crippen molar-refractivity contribution < 1.29 is 18.2 Å². The Labute approximate surface area is 195 Å². The zero-order valence-electron chi connectivity index (χ0n) is 17.5. The van der Waals surface area contributed by atoms with Gasteiger partial charge in [0.05, 0.1) is 16.1 Å². The fourth-order valence-corrected chi connectivity index (χ4v) is 3.94. The number of benzene rings is 4. The molecule has 33 heavy (non-hydrogen) atoms. The summed E-state index contributed by atoms with van der Waals surface area (Å²) in [5.74, 6) is -0.182. The number of fused-ring (bicyclic) bond motifs is 2. The molecular weight excluding hydrogens is 464 g/mol. The van der Waals surface area contributed by atoms with Gasteiger partial charge in [0.25, 0.3) is 10.1 Å². The maximum atomic E-state index is 10.5. The Kier molecular flexibility index (Phi) is 7.62. The normalized spacial score (nSPS) is 12.1. The second kappa shape index (κ2) is 10.4. The molecule has 0 amide bonds. The number of guanidine groups is 1. The van der Waals surface area contributed by atoms with Crippen LogP contribution in [0.4, 0.5) is 0 Å². The van der Waals surface area contributed by atoms with Gasteiger partial charge < -0.3 is 5.73 Å². The van der Waals surface area contributed by atoms with E-state index in [4.69, 9.17) is 27.1 Å². The van der Waals surface area contributed by atoms with Crippen molar-refractivity contribution in [2.45, 2.75) is 11.8 Å². The standard InChI is InChI=1S/C16H13ClN4O.C7H8O3S/c17-15-12-7-3-1-5-10(12)14(9-19-20-16(18)21-22)11-6-2-4-8-13(11)15;1-6-2-4-7(5-3-6)11(8,9)10/h1-9,22H,(H3,18,20,21);2-5H,1H3,(H,8,9,10)/b19-9+;. The largest absolute Gasteiger partial charge is 0.367 e. The van der Waals surface area contributed by atoms with Gasteiger partial charge in [-0.2, -0.15) is 13.5 Å². The smallest absolute Gasteiger partial charge is 0.294 e. The third-order valence-electron chi connectivity index (χ3n) is 4.69. The molecule has 0 atom stereocenters. The number of hydroxylamine groups is 1. The first-order chi connectivity index (χ1) is 15.7. The highest BCUT2D eigenvalue weighted by Crippen LogP contribution is 2.35. The quantitative estimate of drug-likeness (QED) is 0.111. The molecule has 0 heterocycles. The predicted molar refractivity (Wildman–Crippen MR) is 132 cm³/mol. The van der Waals surface area contributed by atoms with Crippen molar-refractivity contribution in [3.63, 3.8) is 0 Å². The molecule has 0 saturated heterocycles. The lowest BCUT2D eigenvalue weighted by Crippen LogP contribution is -2.27. The minimum Gasteiger partial charge on any atom is -0.367 e. The third-order valence-corrected chi connectivity index (χ3v) is 5.97. The summed E-state index contributed by atoms with van der Waals surface area (Å²) in [6, 6.07) is 21.6. The van der Waals surface area contributed by atoms with Crippen molar-refractivity contribution >= 4 is 55.4 Å². The lowest BCUT2D eigenvalue weighted by Gasteiger charge is -2.10. The molecule has 8 nitrogen and oxygen atoms in total. The highest BCUT2D eigenvalue weighted by Gasteiger charge is 2.10. The Bertz CT molecular complexity index is 1400. The number of hydrogen-bond donors (Lipinski definition) is 4. The molecule has 0 aliphatic heterocycles. The number of aryl methyl sites for hydroxylation is 1. The van der Waals surface area contributed by atoms with Gasteiger partial charge >= 0.3 is 0 Å². The van der Waals surface area contributed by atoms with Gasteiger partial charge in [0.15, 0.2) is 0 Å². The first-order valence-electron chi connectivity index (χ1n) is 9.62. The molecule has 4 aromatic rings. The summed E-state index contributed by atoms with van der Waals surface area (Å²) in [5.41, 5.74) is 8.92. The Morgan fingerprint density at radius 3 is 1.88 bits per heavy atom. The summed E-state index contributed by atoms with van der Waals surface area (Å²) < 4.78 is 29.6. The molecule has 0 aromatic heterocycles. The molecular formula is C23H21ClN4O4S. The van der Waals surface area contributed by atoms with Gasteiger partial charge in [-0.15, -0.1) is 5.10 Å². The Balaban J connectivity index is 0.000000235. The molecule has 0 saturated carbocycles. The van der Waals surface area contributed by atoms with E-state index in [1.165, 1.54) is 12.1 Å². The topological polar surface area (TPSA) is 137 Å². The lowest BCUT2D eigenvalue weighted by atomic mass is 9.97. The van der Waals surface area contributed by atoms with Crippen LogP contribution >= 0.6 is 11.6 Å². The number of nitrogens with one attached hydrogen (secondary N) is 1. The predicted octanol–water partition coefficient (Wildman–Crippen LogP) is 4.52. The fourth-order valence-electron chi connectivity index (χ4n) is 3.13. The van der Waals surface area contributed by atoms with E-state index in [0.717, 1.165) is 32.7 Å². The van der Waals surface area contributed by atoms with Gasteiger partial charge in [0, 0.05) is 16.3 Å². The Hall–Kier alpha value is -3.50. The number of nitrogens with zero attached hydrogens (tertiary/aromatic N) is 2. The van der Waals surface area contributed by atoms with Gasteiger partial charge in [0.2, 0.25) is 5.96 Å². The fraction of sp³-hybridized carbons (Fsp3) is 0.0435. The number of halogens is 1. The van der Waals surface area contributed by atoms with E-state index in [-0.39, 0.29) is 10.9 Å². The van der Waals surface area contributed by atoms with Crippen LogP contribution in [-0.4, -0.2) is 30.4 Å². The number of nitrogens with two attached hydrogens (primary N) is 1. The molecule has 5 N–H and O–H groups in total. The SMILES string of the molecule is Cc1ccc(S(=O)(=O)O)cc1.NC(=N/N=C/c1c2ccccc2c(Cl)c2ccccc12)NO. The Morgan fingerprint density at radius 1 is 0.939 bits per heavy atom. The highest BCUT2D eigenvalue weighted by molar-refractivity contribution is 7.85. The van der Waals surface area contributed by atoms with E-state index in [1.54, 1.807) is 23.8 Å². The molecule has 0 radical (unpaired) electrons. The minimum atomic E-state index is -4.02. The monoisotopic (exact) mass is 484 g/mol. The van der Waals surface area contributed by atoms with Gasteiger partial charge in [0.1, 0.15) is 0 Å². The van der Waals surface area contributed by atoms with Crippen LogP contribution in [0.3, 0.4) is 0 Å². The summed E-state index contributed by atoms with van der Waals surface area (Å²) in [6.07, 6.45) is 1.60. The summed E-state index contributed by atoms with van der Waals surface area (Å²) >= 11 is 6.52. The van der Waals surface area contributed by atoms with E-state index < -0.39 is 10.1 Å². The summed E-state index contributed by atoms with van der Waals surface area (Å²) in [4.78, 5) is -0.0666. The number of rotatable bonds is 3. The van der Waals surface area contributed by atoms with Crippen molar-refractivity contribution in [2.75, 3.05) is 0 Å². The zero-order valence-corrected chi connectivity index (χ0v) is 19.0. The zero-order chi connectivity index (χ0) is 24.0. The van der Waals surface area contributed by atoms with Gasteiger partial charge in [-0.05, 0) is 29.8 Å². The van der Waals surface area contributed by atoms with Crippen LogP contribution in [0.25, 0.3) is 21.5 Å². The maximum absolute atomic E-state index is 10.5. The number of hydrogen-bond acceptors (Lipinski definition) is 5. The molecule has 4 aromatic carbocycles. The van der Waals surface area contributed by atoms with Crippen LogP contribution in [0.5, 0.6) is 0 Å². The molecule has 0 bridgehead atoms. The van der Waals surface area contributed by atoms with E-state index in [1.807, 2.05) is 55.5 Å². The lowest BCUT2D eigenvalue weighted by molar-refractivity contribution is 0.232. The molecule has 0 aliphatic carbocycles. The second-order valence-electron chi connectivity index (χ2n) is 6.95. The van der Waals surface area contributed by atoms with Crippen LogP contribution in [0, 0.1) is 6.92 Å². The maximum Gasteiger partial charge on any atom is 0.294 e. The van der Waals surface area contributed by atoms with Crippen molar-refractivity contribution in [3.8, 4) is 0 Å². The van der Waals surface area contributed by atoms with E-state index >= 15 is 0 Å². The molecule has 10 heteroatoms. The second-order valence-corrected chi connectivity index (χ2v) is 8.75. The van der Waals surface area contributed by atoms with E-state index in [0.29, 0.717) is 5.02 Å². The van der Waals surface area contributed by atoms with Crippen molar-refractivity contribution in [1.82, 2.24) is 5.48 Å². The van der Waals surface area contributed by atoms with Gasteiger partial charge in [-0.3, -0.25) is 9.76 Å². The van der Waals surface area contributed by atoms with Gasteiger partial charge in [-0.25, -0.2) is 5.48 Å².